The topological polar surface area (TPSA) is 18.5 Å². The van der Waals surface area contributed by atoms with Crippen molar-refractivity contribution in [2.24, 2.45) is 5.92 Å². The number of hydrogen-bond acceptors (Lipinski definition) is 2. The van der Waals surface area contributed by atoms with Crippen molar-refractivity contribution in [2.45, 2.75) is 38.5 Å². The van der Waals surface area contributed by atoms with Gasteiger partial charge in [0.15, 0.2) is 23.2 Å². The first-order valence-electron chi connectivity index (χ1n) is 12.5. The van der Waals surface area contributed by atoms with Crippen LogP contribution in [0.2, 0.25) is 0 Å². The third kappa shape index (κ3) is 6.07. The molecule has 0 aromatic heterocycles. The van der Waals surface area contributed by atoms with Crippen LogP contribution in [0, 0.1) is 29.2 Å². The van der Waals surface area contributed by atoms with Gasteiger partial charge in [0.1, 0.15) is 12.4 Å². The van der Waals surface area contributed by atoms with E-state index in [9.17, 15) is 8.78 Å². The monoisotopic (exact) mass is 510 g/mol. The molecule has 1 aliphatic rings. The lowest BCUT2D eigenvalue weighted by Gasteiger charge is -2.27. The number of ether oxygens (including phenoxy) is 2. The predicted octanol–water partition coefficient (Wildman–Crippen LogP) is 8.86. The third-order valence-electron chi connectivity index (χ3n) is 6.78. The molecule has 0 unspecified atom stereocenters. The molecule has 0 radical (unpaired) electrons. The Morgan fingerprint density at radius 1 is 0.811 bits per heavy atom. The van der Waals surface area contributed by atoms with Crippen LogP contribution in [0.4, 0.5) is 17.6 Å². The zero-order chi connectivity index (χ0) is 26.4. The number of halogens is 4. The zero-order valence-corrected chi connectivity index (χ0v) is 20.8. The summed E-state index contributed by atoms with van der Waals surface area (Å²) >= 11 is 0. The molecule has 0 atom stereocenters. The molecule has 0 heterocycles. The fraction of sp³-hybridized carbons (Fsp3) is 0.290. The van der Waals surface area contributed by atoms with Crippen LogP contribution in [0.1, 0.15) is 49.7 Å². The molecule has 2 nitrogen and oxygen atoms in total. The highest BCUT2D eigenvalue weighted by Gasteiger charge is 2.26. The molecule has 4 rings (SSSR count). The first-order chi connectivity index (χ1) is 17.9. The summed E-state index contributed by atoms with van der Waals surface area (Å²) in [6.07, 6.45) is 7.74. The molecule has 1 aliphatic carbocycles. The van der Waals surface area contributed by atoms with Gasteiger partial charge in [-0.3, -0.25) is 0 Å². The Balaban J connectivity index is 1.40. The molecule has 37 heavy (non-hydrogen) atoms. The minimum Gasteiger partial charge on any atom is -0.494 e. The summed E-state index contributed by atoms with van der Waals surface area (Å²) in [5.74, 6) is -3.07. The molecule has 3 aromatic rings. The lowest BCUT2D eigenvalue weighted by molar-refractivity contribution is 0.332. The minimum atomic E-state index is -1.03. The number of benzene rings is 3. The number of allylic oxidation sites excluding steroid dienone is 1. The molecule has 0 bridgehead atoms. The van der Waals surface area contributed by atoms with Crippen molar-refractivity contribution in [2.75, 3.05) is 13.2 Å². The fourth-order valence-corrected chi connectivity index (χ4v) is 4.80. The molecular weight excluding hydrogens is 480 g/mol. The summed E-state index contributed by atoms with van der Waals surface area (Å²) in [4.78, 5) is 0. The molecule has 1 fully saturated rings. The average Bonchev–Trinajstić information content (AvgIpc) is 2.92. The second kappa shape index (κ2) is 12.1. The largest absolute Gasteiger partial charge is 0.494 e. The Morgan fingerprint density at radius 3 is 2.22 bits per heavy atom. The van der Waals surface area contributed by atoms with E-state index in [0.29, 0.717) is 36.3 Å². The molecule has 6 heteroatoms. The van der Waals surface area contributed by atoms with E-state index in [1.807, 2.05) is 13.0 Å². The van der Waals surface area contributed by atoms with E-state index in [1.54, 1.807) is 42.5 Å². The smallest absolute Gasteiger partial charge is 0.201 e. The van der Waals surface area contributed by atoms with Gasteiger partial charge in [-0.05, 0) is 79.8 Å². The van der Waals surface area contributed by atoms with Crippen LogP contribution in [0.25, 0.3) is 17.2 Å². The predicted molar refractivity (Wildman–Crippen MR) is 139 cm³/mol. The SMILES string of the molecule is C=CCOc1ccc(/C=C/C2CCC(c3ccc(-c4ccc(OCC)cc4)c(F)c3F)CC2)c(F)c1F. The Bertz CT molecular complexity index is 1260. The Morgan fingerprint density at radius 2 is 1.54 bits per heavy atom. The van der Waals surface area contributed by atoms with Gasteiger partial charge < -0.3 is 9.47 Å². The van der Waals surface area contributed by atoms with Crippen LogP contribution in [0.5, 0.6) is 11.5 Å². The molecule has 3 aromatic carbocycles. The van der Waals surface area contributed by atoms with Crippen molar-refractivity contribution in [1.29, 1.82) is 0 Å². The van der Waals surface area contributed by atoms with Crippen LogP contribution in [0.3, 0.4) is 0 Å². The van der Waals surface area contributed by atoms with Crippen molar-refractivity contribution in [3.63, 3.8) is 0 Å². The van der Waals surface area contributed by atoms with E-state index in [2.05, 4.69) is 6.58 Å². The van der Waals surface area contributed by atoms with Crippen LogP contribution in [0.15, 0.2) is 67.3 Å². The maximum atomic E-state index is 15.1. The summed E-state index contributed by atoms with van der Waals surface area (Å²) in [7, 11) is 0. The lowest BCUT2D eigenvalue weighted by Crippen LogP contribution is -2.13. The van der Waals surface area contributed by atoms with Crippen LogP contribution in [-0.4, -0.2) is 13.2 Å². The van der Waals surface area contributed by atoms with Gasteiger partial charge in [0.05, 0.1) is 6.61 Å². The third-order valence-corrected chi connectivity index (χ3v) is 6.78. The van der Waals surface area contributed by atoms with Gasteiger partial charge in [-0.2, -0.15) is 4.39 Å². The molecule has 0 amide bonds. The highest BCUT2D eigenvalue weighted by Crippen LogP contribution is 2.39. The van der Waals surface area contributed by atoms with Gasteiger partial charge in [-0.15, -0.1) is 0 Å². The average molecular weight is 511 g/mol. The first kappa shape index (κ1) is 26.5. The Hall–Kier alpha value is -3.54. The summed E-state index contributed by atoms with van der Waals surface area (Å²) in [5, 5.41) is 0. The molecule has 0 N–H and O–H groups in total. The maximum absolute atomic E-state index is 15.1. The minimum absolute atomic E-state index is 0.0869. The summed E-state index contributed by atoms with van der Waals surface area (Å²) in [5.41, 5.74) is 1.33. The molecule has 0 spiro atoms. The summed E-state index contributed by atoms with van der Waals surface area (Å²) in [6.45, 7) is 5.99. The second-order valence-corrected chi connectivity index (χ2v) is 9.14. The van der Waals surface area contributed by atoms with Gasteiger partial charge in [0, 0.05) is 11.1 Å². The highest BCUT2D eigenvalue weighted by molar-refractivity contribution is 5.65. The van der Waals surface area contributed by atoms with E-state index in [0.717, 1.165) is 12.8 Å². The quantitative estimate of drug-likeness (QED) is 0.211. The standard InChI is InChI=1S/C31H30F4O2/c1-3-19-37-27-18-13-23(28(32)31(27)35)10-7-20-5-8-21(9-6-20)25-16-17-26(30(34)29(25)33)22-11-14-24(15-12-22)36-4-2/h3,7,10-18,20-21H,1,4-6,8-9,19H2,2H3/b10-7+. The molecule has 194 valence electrons. The van der Waals surface area contributed by atoms with Crippen LogP contribution in [-0.2, 0) is 0 Å². The summed E-state index contributed by atoms with van der Waals surface area (Å²) in [6, 6.07) is 13.1. The van der Waals surface area contributed by atoms with Gasteiger partial charge >= 0.3 is 0 Å². The molecular formula is C31H30F4O2. The number of hydrogen-bond donors (Lipinski definition) is 0. The van der Waals surface area contributed by atoms with E-state index in [-0.39, 0.29) is 35.3 Å². The Kier molecular flexibility index (Phi) is 8.70. The van der Waals surface area contributed by atoms with E-state index < -0.39 is 23.3 Å². The molecule has 1 saturated carbocycles. The van der Waals surface area contributed by atoms with Crippen molar-refractivity contribution in [3.05, 3.63) is 102 Å². The summed E-state index contributed by atoms with van der Waals surface area (Å²) < 4.78 is 69.2. The van der Waals surface area contributed by atoms with E-state index in [4.69, 9.17) is 9.47 Å². The van der Waals surface area contributed by atoms with Gasteiger partial charge in [0.2, 0.25) is 5.82 Å². The fourth-order valence-electron chi connectivity index (χ4n) is 4.80. The van der Waals surface area contributed by atoms with Crippen molar-refractivity contribution >= 4 is 6.08 Å². The number of rotatable bonds is 9. The molecule has 0 aliphatic heterocycles. The van der Waals surface area contributed by atoms with Gasteiger partial charge in [-0.25, -0.2) is 13.2 Å². The van der Waals surface area contributed by atoms with Crippen molar-refractivity contribution in [1.82, 2.24) is 0 Å². The van der Waals surface area contributed by atoms with E-state index in [1.165, 1.54) is 18.2 Å². The Labute approximate surface area is 215 Å². The van der Waals surface area contributed by atoms with Gasteiger partial charge in [-0.1, -0.05) is 49.1 Å². The second-order valence-electron chi connectivity index (χ2n) is 9.14. The van der Waals surface area contributed by atoms with Crippen molar-refractivity contribution in [3.8, 4) is 22.6 Å². The highest BCUT2D eigenvalue weighted by atomic mass is 19.2. The molecule has 0 saturated heterocycles. The maximum Gasteiger partial charge on any atom is 0.201 e. The zero-order valence-electron chi connectivity index (χ0n) is 20.8. The first-order valence-corrected chi connectivity index (χ1v) is 12.5. The van der Waals surface area contributed by atoms with Crippen LogP contribution < -0.4 is 9.47 Å². The normalized spacial score (nSPS) is 17.6. The van der Waals surface area contributed by atoms with Crippen molar-refractivity contribution < 1.29 is 27.0 Å². The van der Waals surface area contributed by atoms with Gasteiger partial charge in [0.25, 0.3) is 0 Å². The van der Waals surface area contributed by atoms with E-state index >= 15 is 8.78 Å². The van der Waals surface area contributed by atoms with Crippen LogP contribution >= 0.6 is 0 Å². The lowest BCUT2D eigenvalue weighted by atomic mass is 9.78.